The summed E-state index contributed by atoms with van der Waals surface area (Å²) in [5, 5.41) is 0. The van der Waals surface area contributed by atoms with Gasteiger partial charge in [-0.05, 0) is 31.2 Å². The molecule has 0 N–H and O–H groups in total. The summed E-state index contributed by atoms with van der Waals surface area (Å²) in [6.07, 6.45) is 0. The minimum atomic E-state index is -3.92. The summed E-state index contributed by atoms with van der Waals surface area (Å²) < 4.78 is 37.8. The van der Waals surface area contributed by atoms with Crippen molar-refractivity contribution in [3.05, 3.63) is 48.0 Å². The van der Waals surface area contributed by atoms with E-state index in [2.05, 4.69) is 8.75 Å². The summed E-state index contributed by atoms with van der Waals surface area (Å²) >= 11 is 0.971. The average molecular weight is 306 g/mol. The number of hydrogen-bond acceptors (Lipinski definition) is 6. The third-order valence-electron chi connectivity index (χ3n) is 2.75. The molecule has 0 aliphatic heterocycles. The van der Waals surface area contributed by atoms with Crippen LogP contribution in [-0.2, 0) is 10.1 Å². The van der Waals surface area contributed by atoms with Crippen LogP contribution in [0.4, 0.5) is 0 Å². The standard InChI is InChI=1S/C13H10N2O3S2/c1-9-5-7-10(8-6-9)18-20(16,17)12-4-2-3-11-13(12)15-19-14-11/h2-8H,1H3. The van der Waals surface area contributed by atoms with Crippen molar-refractivity contribution in [3.8, 4) is 5.75 Å². The van der Waals surface area contributed by atoms with Gasteiger partial charge in [-0.2, -0.15) is 17.2 Å². The highest BCUT2D eigenvalue weighted by Crippen LogP contribution is 2.24. The highest BCUT2D eigenvalue weighted by Gasteiger charge is 2.21. The van der Waals surface area contributed by atoms with Gasteiger partial charge in [-0.3, -0.25) is 0 Å². The zero-order valence-corrected chi connectivity index (χ0v) is 12.1. The third kappa shape index (κ3) is 2.37. The smallest absolute Gasteiger partial charge is 0.341 e. The number of rotatable bonds is 3. The van der Waals surface area contributed by atoms with Crippen LogP contribution in [0, 0.1) is 6.92 Å². The first kappa shape index (κ1) is 13.0. The molecule has 102 valence electrons. The van der Waals surface area contributed by atoms with Gasteiger partial charge in [0.1, 0.15) is 21.7 Å². The molecule has 0 spiro atoms. The van der Waals surface area contributed by atoms with Crippen LogP contribution in [0.3, 0.4) is 0 Å². The molecule has 2 aromatic carbocycles. The van der Waals surface area contributed by atoms with Crippen LogP contribution >= 0.6 is 11.7 Å². The van der Waals surface area contributed by atoms with E-state index in [0.29, 0.717) is 11.0 Å². The number of hydrogen-bond donors (Lipinski definition) is 0. The minimum absolute atomic E-state index is 0.0318. The fraction of sp³-hybridized carbons (Fsp3) is 0.0769. The Morgan fingerprint density at radius 2 is 1.80 bits per heavy atom. The largest absolute Gasteiger partial charge is 0.379 e. The molecular weight excluding hydrogens is 296 g/mol. The Morgan fingerprint density at radius 1 is 1.05 bits per heavy atom. The second-order valence-corrected chi connectivity index (χ2v) is 6.28. The Bertz CT molecular complexity index is 855. The first-order valence-electron chi connectivity index (χ1n) is 5.79. The van der Waals surface area contributed by atoms with E-state index < -0.39 is 10.1 Å². The molecule has 0 fully saturated rings. The number of aromatic nitrogens is 2. The maximum Gasteiger partial charge on any atom is 0.341 e. The van der Waals surface area contributed by atoms with Gasteiger partial charge in [-0.25, -0.2) is 0 Å². The topological polar surface area (TPSA) is 69.2 Å². The summed E-state index contributed by atoms with van der Waals surface area (Å²) in [4.78, 5) is 0.0318. The molecule has 1 heterocycles. The van der Waals surface area contributed by atoms with Crippen molar-refractivity contribution in [1.82, 2.24) is 8.75 Å². The molecule has 20 heavy (non-hydrogen) atoms. The van der Waals surface area contributed by atoms with Crippen molar-refractivity contribution in [2.75, 3.05) is 0 Å². The van der Waals surface area contributed by atoms with Gasteiger partial charge in [-0.1, -0.05) is 23.8 Å². The molecule has 0 amide bonds. The van der Waals surface area contributed by atoms with Crippen LogP contribution in [0.1, 0.15) is 5.56 Å². The zero-order chi connectivity index (χ0) is 14.2. The maximum absolute atomic E-state index is 12.3. The van der Waals surface area contributed by atoms with Crippen LogP contribution in [0.15, 0.2) is 47.4 Å². The number of benzene rings is 2. The van der Waals surface area contributed by atoms with E-state index in [1.807, 2.05) is 6.92 Å². The van der Waals surface area contributed by atoms with E-state index in [0.717, 1.165) is 17.3 Å². The summed E-state index contributed by atoms with van der Waals surface area (Å²) in [6, 6.07) is 11.6. The summed E-state index contributed by atoms with van der Waals surface area (Å²) in [5.74, 6) is 0.274. The van der Waals surface area contributed by atoms with Crippen LogP contribution in [-0.4, -0.2) is 17.2 Å². The number of aryl methyl sites for hydroxylation is 1. The predicted octanol–water partition coefficient (Wildman–Crippen LogP) is 2.77. The van der Waals surface area contributed by atoms with Gasteiger partial charge in [0.25, 0.3) is 0 Å². The first-order valence-corrected chi connectivity index (χ1v) is 7.92. The van der Waals surface area contributed by atoms with E-state index in [9.17, 15) is 8.42 Å². The minimum Gasteiger partial charge on any atom is -0.379 e. The van der Waals surface area contributed by atoms with Gasteiger partial charge in [-0.15, -0.1) is 0 Å². The Labute approximate surface area is 120 Å². The van der Waals surface area contributed by atoms with Crippen molar-refractivity contribution >= 4 is 32.9 Å². The first-order chi connectivity index (χ1) is 9.56. The highest BCUT2D eigenvalue weighted by molar-refractivity contribution is 7.87. The quantitative estimate of drug-likeness (QED) is 0.696. The van der Waals surface area contributed by atoms with Crippen molar-refractivity contribution in [2.45, 2.75) is 11.8 Å². The Kier molecular flexibility index (Phi) is 3.15. The predicted molar refractivity (Wildman–Crippen MR) is 76.4 cm³/mol. The highest BCUT2D eigenvalue weighted by atomic mass is 32.2. The molecule has 3 aromatic rings. The van der Waals surface area contributed by atoms with Crippen LogP contribution in [0.25, 0.3) is 11.0 Å². The lowest BCUT2D eigenvalue weighted by Gasteiger charge is -2.07. The van der Waals surface area contributed by atoms with E-state index in [-0.39, 0.29) is 10.6 Å². The van der Waals surface area contributed by atoms with E-state index in [1.165, 1.54) is 6.07 Å². The van der Waals surface area contributed by atoms with Crippen LogP contribution in [0.5, 0.6) is 5.75 Å². The van der Waals surface area contributed by atoms with Crippen molar-refractivity contribution in [1.29, 1.82) is 0 Å². The van der Waals surface area contributed by atoms with Crippen LogP contribution in [0.2, 0.25) is 0 Å². The van der Waals surface area contributed by atoms with Gasteiger partial charge in [0, 0.05) is 0 Å². The molecule has 1 aromatic heterocycles. The van der Waals surface area contributed by atoms with Gasteiger partial charge < -0.3 is 4.18 Å². The van der Waals surface area contributed by atoms with Gasteiger partial charge in [0.2, 0.25) is 0 Å². The molecule has 0 aliphatic rings. The fourth-order valence-electron chi connectivity index (χ4n) is 1.75. The van der Waals surface area contributed by atoms with E-state index in [4.69, 9.17) is 4.18 Å². The van der Waals surface area contributed by atoms with Gasteiger partial charge in [0.15, 0.2) is 0 Å². The van der Waals surface area contributed by atoms with Crippen molar-refractivity contribution in [3.63, 3.8) is 0 Å². The third-order valence-corrected chi connectivity index (χ3v) is 4.57. The summed E-state index contributed by atoms with van der Waals surface area (Å²) in [7, 11) is -3.92. The summed E-state index contributed by atoms with van der Waals surface area (Å²) in [5.41, 5.74) is 1.91. The second kappa shape index (κ2) is 4.84. The van der Waals surface area contributed by atoms with Gasteiger partial charge in [0.05, 0.1) is 11.7 Å². The van der Waals surface area contributed by atoms with Crippen molar-refractivity contribution in [2.24, 2.45) is 0 Å². The molecule has 0 aliphatic carbocycles. The fourth-order valence-corrected chi connectivity index (χ4v) is 3.44. The Hall–Kier alpha value is -1.99. The maximum atomic E-state index is 12.3. The molecule has 0 radical (unpaired) electrons. The molecule has 0 saturated carbocycles. The molecular formula is C13H10N2O3S2. The van der Waals surface area contributed by atoms with Crippen molar-refractivity contribution < 1.29 is 12.6 Å². The normalized spacial score (nSPS) is 11.7. The molecule has 3 rings (SSSR count). The van der Waals surface area contributed by atoms with Gasteiger partial charge >= 0.3 is 10.1 Å². The molecule has 7 heteroatoms. The lowest BCUT2D eigenvalue weighted by Crippen LogP contribution is -2.10. The molecule has 0 unspecified atom stereocenters. The lowest BCUT2D eigenvalue weighted by atomic mass is 10.2. The molecule has 0 bridgehead atoms. The Balaban J connectivity index is 2.03. The number of fused-ring (bicyclic) bond motifs is 1. The Morgan fingerprint density at radius 3 is 2.55 bits per heavy atom. The zero-order valence-electron chi connectivity index (χ0n) is 10.5. The average Bonchev–Trinajstić information content (AvgIpc) is 2.89. The molecule has 0 saturated heterocycles. The van der Waals surface area contributed by atoms with Crippen LogP contribution < -0.4 is 4.18 Å². The number of nitrogens with zero attached hydrogens (tertiary/aromatic N) is 2. The van der Waals surface area contributed by atoms with E-state index >= 15 is 0 Å². The molecule has 5 nitrogen and oxygen atoms in total. The SMILES string of the molecule is Cc1ccc(OS(=O)(=O)c2cccc3nsnc23)cc1. The lowest BCUT2D eigenvalue weighted by molar-refractivity contribution is 0.487. The summed E-state index contributed by atoms with van der Waals surface area (Å²) in [6.45, 7) is 1.92. The second-order valence-electron chi connectivity index (χ2n) is 4.24. The molecule has 0 atom stereocenters. The monoisotopic (exact) mass is 306 g/mol. The van der Waals surface area contributed by atoms with E-state index in [1.54, 1.807) is 36.4 Å².